The van der Waals surface area contributed by atoms with Crippen LogP contribution in [0.1, 0.15) is 40.2 Å². The Kier molecular flexibility index (Phi) is 5.57. The maximum atomic E-state index is 8.75. The molecule has 2 aromatic heterocycles. The minimum atomic E-state index is -0.253. The van der Waals surface area contributed by atoms with Crippen LogP contribution in [0.4, 0.5) is 11.5 Å². The van der Waals surface area contributed by atoms with Gasteiger partial charge in [-0.15, -0.1) is 0 Å². The Morgan fingerprint density at radius 2 is 2.13 bits per heavy atom. The number of nitrogens with one attached hydrogen (secondary N) is 2. The zero-order valence-corrected chi connectivity index (χ0v) is 17.4. The molecular formula is C22H24N8O. The van der Waals surface area contributed by atoms with Crippen molar-refractivity contribution in [3.63, 3.8) is 0 Å². The van der Waals surface area contributed by atoms with Crippen molar-refractivity contribution in [2.45, 2.75) is 18.8 Å². The lowest BCUT2D eigenvalue weighted by atomic mass is 9.94. The molecule has 0 saturated carbocycles. The summed E-state index contributed by atoms with van der Waals surface area (Å²) in [4.78, 5) is 14.9. The number of aryl methyl sites for hydroxylation is 1. The topological polar surface area (TPSA) is 141 Å². The van der Waals surface area contributed by atoms with Crippen molar-refractivity contribution in [2.75, 3.05) is 30.8 Å². The van der Waals surface area contributed by atoms with Crippen LogP contribution < -0.4 is 10.6 Å². The van der Waals surface area contributed by atoms with Crippen molar-refractivity contribution in [2.24, 2.45) is 4.99 Å². The van der Waals surface area contributed by atoms with Gasteiger partial charge in [-0.3, -0.25) is 10.4 Å². The van der Waals surface area contributed by atoms with Crippen molar-refractivity contribution in [1.29, 1.82) is 10.8 Å². The number of nitrogen functional groups attached to an aromatic ring is 1. The maximum absolute atomic E-state index is 8.75. The number of benzene rings is 1. The van der Waals surface area contributed by atoms with Crippen LogP contribution in [-0.4, -0.2) is 53.4 Å². The summed E-state index contributed by atoms with van der Waals surface area (Å²) in [6.07, 6.45) is 4.72. The van der Waals surface area contributed by atoms with Gasteiger partial charge in [-0.2, -0.15) is 4.98 Å². The normalized spacial score (nSPS) is 15.1. The standard InChI is InChI=1S/C22H24N8O/c1-13-28-22(31-29-13)17-11-30(12-17)20-8-15(5-6-27-20)21(25)18-7-14(3-4-19(18)24)16(9-23)10-26-2/h3-10,16-17,23,25H,11-12,24H2,1-2H3. The highest BCUT2D eigenvalue weighted by molar-refractivity contribution is 6.14. The van der Waals surface area contributed by atoms with Crippen LogP contribution in [-0.2, 0) is 0 Å². The molecule has 1 atom stereocenters. The summed E-state index contributed by atoms with van der Waals surface area (Å²) < 4.78 is 5.26. The second-order valence-corrected chi connectivity index (χ2v) is 7.51. The fourth-order valence-electron chi connectivity index (χ4n) is 3.59. The number of pyridine rings is 1. The van der Waals surface area contributed by atoms with Gasteiger partial charge in [0.25, 0.3) is 0 Å². The molecule has 0 aliphatic carbocycles. The molecule has 1 saturated heterocycles. The van der Waals surface area contributed by atoms with Gasteiger partial charge in [0.1, 0.15) is 5.82 Å². The molecule has 4 N–H and O–H groups in total. The van der Waals surface area contributed by atoms with E-state index in [-0.39, 0.29) is 11.8 Å². The average molecular weight is 416 g/mol. The number of nitrogens with two attached hydrogens (primary N) is 1. The summed E-state index contributed by atoms with van der Waals surface area (Å²) in [5.41, 5.74) is 9.21. The third-order valence-electron chi connectivity index (χ3n) is 5.35. The third-order valence-corrected chi connectivity index (χ3v) is 5.35. The Labute approximate surface area is 180 Å². The molecule has 1 aromatic carbocycles. The van der Waals surface area contributed by atoms with Gasteiger partial charge in [-0.1, -0.05) is 11.2 Å². The lowest BCUT2D eigenvalue weighted by molar-refractivity contribution is 0.326. The molecule has 1 unspecified atom stereocenters. The number of rotatable bonds is 7. The van der Waals surface area contributed by atoms with Crippen LogP contribution >= 0.6 is 0 Å². The number of anilines is 2. The highest BCUT2D eigenvalue weighted by atomic mass is 16.5. The third kappa shape index (κ3) is 4.07. The highest BCUT2D eigenvalue weighted by Gasteiger charge is 2.33. The molecule has 1 fully saturated rings. The van der Waals surface area contributed by atoms with E-state index < -0.39 is 0 Å². The van der Waals surface area contributed by atoms with E-state index in [1.54, 1.807) is 38.5 Å². The van der Waals surface area contributed by atoms with Gasteiger partial charge in [0, 0.05) is 55.6 Å². The van der Waals surface area contributed by atoms with Crippen LogP contribution in [0.25, 0.3) is 0 Å². The number of hydrogen-bond acceptors (Lipinski definition) is 9. The molecule has 0 spiro atoms. The first-order chi connectivity index (χ1) is 15.0. The lowest BCUT2D eigenvalue weighted by Crippen LogP contribution is -2.45. The first-order valence-corrected chi connectivity index (χ1v) is 9.93. The molecule has 9 heteroatoms. The maximum Gasteiger partial charge on any atom is 0.233 e. The molecule has 3 aromatic rings. The van der Waals surface area contributed by atoms with Gasteiger partial charge in [-0.05, 0) is 36.8 Å². The molecule has 31 heavy (non-hydrogen) atoms. The lowest BCUT2D eigenvalue weighted by Gasteiger charge is -2.38. The number of nitrogens with zero attached hydrogens (tertiary/aromatic N) is 5. The first-order valence-electron chi connectivity index (χ1n) is 9.93. The van der Waals surface area contributed by atoms with Gasteiger partial charge in [0.2, 0.25) is 5.89 Å². The fraction of sp³-hybridized carbons (Fsp3) is 0.273. The number of aliphatic imine (C=N–C) groups is 1. The molecular weight excluding hydrogens is 392 g/mol. The first kappa shape index (κ1) is 20.4. The summed E-state index contributed by atoms with van der Waals surface area (Å²) in [6.45, 7) is 3.28. The van der Waals surface area contributed by atoms with Crippen LogP contribution in [0.5, 0.6) is 0 Å². The van der Waals surface area contributed by atoms with Gasteiger partial charge < -0.3 is 20.6 Å². The van der Waals surface area contributed by atoms with Crippen LogP contribution in [0.2, 0.25) is 0 Å². The van der Waals surface area contributed by atoms with Crippen molar-refractivity contribution in [3.8, 4) is 0 Å². The van der Waals surface area contributed by atoms with E-state index in [9.17, 15) is 0 Å². The molecule has 9 nitrogen and oxygen atoms in total. The van der Waals surface area contributed by atoms with Crippen LogP contribution in [0, 0.1) is 17.7 Å². The molecule has 0 amide bonds. The minimum absolute atomic E-state index is 0.191. The molecule has 0 bridgehead atoms. The summed E-state index contributed by atoms with van der Waals surface area (Å²) >= 11 is 0. The van der Waals surface area contributed by atoms with E-state index in [2.05, 4.69) is 25.0 Å². The number of aromatic nitrogens is 3. The van der Waals surface area contributed by atoms with Crippen LogP contribution in [0.15, 0.2) is 46.0 Å². The summed E-state index contributed by atoms with van der Waals surface area (Å²) in [6, 6.07) is 9.19. The Bertz CT molecular complexity index is 1150. The molecule has 0 radical (unpaired) electrons. The quantitative estimate of drug-likeness (QED) is 0.399. The van der Waals surface area contributed by atoms with E-state index >= 15 is 0 Å². The van der Waals surface area contributed by atoms with Gasteiger partial charge in [0.15, 0.2) is 5.82 Å². The van der Waals surface area contributed by atoms with Crippen molar-refractivity contribution >= 4 is 29.6 Å². The summed E-state index contributed by atoms with van der Waals surface area (Å²) in [7, 11) is 1.68. The van der Waals surface area contributed by atoms with E-state index in [0.29, 0.717) is 28.7 Å². The molecule has 1 aliphatic heterocycles. The Hall–Kier alpha value is -3.88. The smallest absolute Gasteiger partial charge is 0.233 e. The van der Waals surface area contributed by atoms with Crippen molar-refractivity contribution < 1.29 is 4.52 Å². The Morgan fingerprint density at radius 1 is 1.32 bits per heavy atom. The minimum Gasteiger partial charge on any atom is -0.398 e. The zero-order chi connectivity index (χ0) is 22.0. The molecule has 3 heterocycles. The van der Waals surface area contributed by atoms with Gasteiger partial charge in [-0.25, -0.2) is 4.98 Å². The van der Waals surface area contributed by atoms with Crippen molar-refractivity contribution in [3.05, 3.63) is 64.9 Å². The SMILES string of the molecule is CN=CC(C=N)c1ccc(N)c(C(=N)c2ccnc(N3CC(c4nc(C)no4)C3)c2)c1. The predicted molar refractivity (Wildman–Crippen MR) is 121 cm³/mol. The Morgan fingerprint density at radius 3 is 2.81 bits per heavy atom. The average Bonchev–Trinajstić information content (AvgIpc) is 3.17. The number of hydrogen-bond donors (Lipinski definition) is 3. The van der Waals surface area contributed by atoms with E-state index in [1.165, 1.54) is 6.21 Å². The second-order valence-electron chi connectivity index (χ2n) is 7.51. The van der Waals surface area contributed by atoms with Crippen molar-refractivity contribution in [1.82, 2.24) is 15.1 Å². The van der Waals surface area contributed by atoms with Gasteiger partial charge in [0.05, 0.1) is 17.5 Å². The Balaban J connectivity index is 1.54. The van der Waals surface area contributed by atoms with E-state index in [0.717, 1.165) is 30.0 Å². The highest BCUT2D eigenvalue weighted by Crippen LogP contribution is 2.30. The molecule has 1 aliphatic rings. The predicted octanol–water partition coefficient (Wildman–Crippen LogP) is 2.81. The largest absolute Gasteiger partial charge is 0.398 e. The van der Waals surface area contributed by atoms with E-state index in [4.69, 9.17) is 21.1 Å². The van der Waals surface area contributed by atoms with Crippen LogP contribution in [0.3, 0.4) is 0 Å². The monoisotopic (exact) mass is 416 g/mol. The second kappa shape index (κ2) is 8.47. The zero-order valence-electron chi connectivity index (χ0n) is 17.4. The molecule has 4 rings (SSSR count). The fourth-order valence-corrected chi connectivity index (χ4v) is 3.59. The molecule has 158 valence electrons. The van der Waals surface area contributed by atoms with E-state index in [1.807, 2.05) is 18.2 Å². The summed E-state index contributed by atoms with van der Waals surface area (Å²) in [5.74, 6) is 2.02. The summed E-state index contributed by atoms with van der Waals surface area (Å²) in [5, 5.41) is 20.2. The van der Waals surface area contributed by atoms with Gasteiger partial charge >= 0.3 is 0 Å².